The third-order valence-corrected chi connectivity index (χ3v) is 6.28. The Labute approximate surface area is 170 Å². The van der Waals surface area contributed by atoms with Crippen LogP contribution in [0.25, 0.3) is 0 Å². The Morgan fingerprint density at radius 3 is 2.34 bits per heavy atom. The zero-order valence-corrected chi connectivity index (χ0v) is 17.0. The standard InChI is InChI=1S/C21H24N2O5S/c1-22-29(26,27)18-12-8-11-17(15-18)21(25)28-19(16-9-4-2-5-10-16)20(24)23-13-6-3-7-14-23/h2,4-5,8-12,15,19,22H,3,6-7,13-14H2,1H3/t19-/m1/s1. The van der Waals surface area contributed by atoms with E-state index < -0.39 is 22.1 Å². The van der Waals surface area contributed by atoms with Gasteiger partial charge in [0.2, 0.25) is 16.1 Å². The van der Waals surface area contributed by atoms with Crippen LogP contribution in [-0.4, -0.2) is 45.3 Å². The van der Waals surface area contributed by atoms with E-state index in [0.29, 0.717) is 18.7 Å². The van der Waals surface area contributed by atoms with Crippen LogP contribution in [0.2, 0.25) is 0 Å². The monoisotopic (exact) mass is 416 g/mol. The van der Waals surface area contributed by atoms with Crippen LogP contribution in [-0.2, 0) is 19.6 Å². The highest BCUT2D eigenvalue weighted by atomic mass is 32.2. The minimum atomic E-state index is -3.70. The van der Waals surface area contributed by atoms with Crippen molar-refractivity contribution in [2.75, 3.05) is 20.1 Å². The molecule has 0 aromatic heterocycles. The molecule has 29 heavy (non-hydrogen) atoms. The van der Waals surface area contributed by atoms with Crippen molar-refractivity contribution in [3.63, 3.8) is 0 Å². The van der Waals surface area contributed by atoms with Crippen molar-refractivity contribution < 1.29 is 22.7 Å². The number of nitrogens with one attached hydrogen (secondary N) is 1. The molecule has 1 atom stereocenters. The van der Waals surface area contributed by atoms with Crippen LogP contribution in [0, 0.1) is 0 Å². The lowest BCUT2D eigenvalue weighted by atomic mass is 10.1. The Morgan fingerprint density at radius 2 is 1.69 bits per heavy atom. The SMILES string of the molecule is CNS(=O)(=O)c1cccc(C(=O)O[C@@H](C(=O)N2CCCCC2)c2ccccc2)c1. The van der Waals surface area contributed by atoms with E-state index in [-0.39, 0.29) is 16.4 Å². The molecule has 7 nitrogen and oxygen atoms in total. The third kappa shape index (κ3) is 5.02. The van der Waals surface area contributed by atoms with Gasteiger partial charge in [-0.15, -0.1) is 0 Å². The average Bonchev–Trinajstić information content (AvgIpc) is 2.78. The summed E-state index contributed by atoms with van der Waals surface area (Å²) in [7, 11) is -2.41. The fourth-order valence-corrected chi connectivity index (χ4v) is 4.03. The molecular weight excluding hydrogens is 392 g/mol. The molecule has 8 heteroatoms. The molecule has 3 rings (SSSR count). The number of benzene rings is 2. The molecule has 1 saturated heterocycles. The Bertz CT molecular complexity index is 970. The third-order valence-electron chi connectivity index (χ3n) is 4.87. The number of esters is 1. The van der Waals surface area contributed by atoms with Crippen molar-refractivity contribution in [3.05, 3.63) is 65.7 Å². The summed E-state index contributed by atoms with van der Waals surface area (Å²) in [5.74, 6) is -1.01. The molecule has 0 spiro atoms. The van der Waals surface area contributed by atoms with Gasteiger partial charge in [0.1, 0.15) is 0 Å². The molecule has 1 N–H and O–H groups in total. The second-order valence-electron chi connectivity index (χ2n) is 6.82. The maximum absolute atomic E-state index is 13.1. The zero-order chi connectivity index (χ0) is 20.9. The van der Waals surface area contributed by atoms with Gasteiger partial charge in [0, 0.05) is 18.7 Å². The normalized spacial score (nSPS) is 15.6. The van der Waals surface area contributed by atoms with E-state index in [4.69, 9.17) is 4.74 Å². The number of hydrogen-bond acceptors (Lipinski definition) is 5. The molecule has 2 aromatic rings. The van der Waals surface area contributed by atoms with Gasteiger partial charge in [-0.1, -0.05) is 36.4 Å². The number of ether oxygens (including phenoxy) is 1. The maximum atomic E-state index is 13.1. The van der Waals surface area contributed by atoms with Gasteiger partial charge in [0.15, 0.2) is 0 Å². The molecule has 0 unspecified atom stereocenters. The van der Waals surface area contributed by atoms with E-state index in [1.807, 2.05) is 6.07 Å². The number of piperidine rings is 1. The van der Waals surface area contributed by atoms with Crippen LogP contribution in [0.15, 0.2) is 59.5 Å². The van der Waals surface area contributed by atoms with Gasteiger partial charge in [0.25, 0.3) is 5.91 Å². The zero-order valence-electron chi connectivity index (χ0n) is 16.2. The summed E-state index contributed by atoms with van der Waals surface area (Å²) >= 11 is 0. The van der Waals surface area contributed by atoms with E-state index >= 15 is 0 Å². The Morgan fingerprint density at radius 1 is 1.00 bits per heavy atom. The highest BCUT2D eigenvalue weighted by molar-refractivity contribution is 7.89. The Hall–Kier alpha value is -2.71. The van der Waals surface area contributed by atoms with Crippen molar-refractivity contribution in [1.29, 1.82) is 0 Å². The van der Waals surface area contributed by atoms with Crippen LogP contribution in [0.4, 0.5) is 0 Å². The molecule has 154 valence electrons. The Kier molecular flexibility index (Phi) is 6.66. The van der Waals surface area contributed by atoms with Gasteiger partial charge < -0.3 is 9.64 Å². The average molecular weight is 416 g/mol. The van der Waals surface area contributed by atoms with Gasteiger partial charge in [-0.2, -0.15) is 0 Å². The summed E-state index contributed by atoms with van der Waals surface area (Å²) in [4.78, 5) is 27.5. The van der Waals surface area contributed by atoms with Gasteiger partial charge in [-0.3, -0.25) is 4.79 Å². The highest BCUT2D eigenvalue weighted by Crippen LogP contribution is 2.24. The van der Waals surface area contributed by atoms with Crippen LogP contribution < -0.4 is 4.72 Å². The molecule has 2 aromatic carbocycles. The number of nitrogens with zero attached hydrogens (tertiary/aromatic N) is 1. The number of carbonyl (C=O) groups is 2. The number of hydrogen-bond donors (Lipinski definition) is 1. The molecular formula is C21H24N2O5S. The molecule has 0 saturated carbocycles. The van der Waals surface area contributed by atoms with Crippen molar-refractivity contribution in [1.82, 2.24) is 9.62 Å². The van der Waals surface area contributed by atoms with E-state index in [1.54, 1.807) is 29.2 Å². The first kappa shape index (κ1) is 21.0. The maximum Gasteiger partial charge on any atom is 0.339 e. The van der Waals surface area contributed by atoms with Crippen LogP contribution in [0.1, 0.15) is 41.3 Å². The van der Waals surface area contributed by atoms with Crippen LogP contribution in [0.5, 0.6) is 0 Å². The van der Waals surface area contributed by atoms with Gasteiger partial charge in [-0.25, -0.2) is 17.9 Å². The molecule has 1 fully saturated rings. The summed E-state index contributed by atoms with van der Waals surface area (Å²) in [6.45, 7) is 1.27. The predicted octanol–water partition coefficient (Wildman–Crippen LogP) is 2.51. The summed E-state index contributed by atoms with van der Waals surface area (Å²) in [5.41, 5.74) is 0.643. The first-order chi connectivity index (χ1) is 13.9. The molecule has 1 aliphatic heterocycles. The Balaban J connectivity index is 1.87. The fraction of sp³-hybridized carbons (Fsp3) is 0.333. The summed E-state index contributed by atoms with van der Waals surface area (Å²) in [6.07, 6.45) is 1.84. The van der Waals surface area contributed by atoms with Crippen molar-refractivity contribution >= 4 is 21.9 Å². The molecule has 0 radical (unpaired) electrons. The van der Waals surface area contributed by atoms with Crippen molar-refractivity contribution in [3.8, 4) is 0 Å². The van der Waals surface area contributed by atoms with Gasteiger partial charge in [0.05, 0.1) is 10.5 Å². The largest absolute Gasteiger partial charge is 0.444 e. The fourth-order valence-electron chi connectivity index (χ4n) is 3.25. The lowest BCUT2D eigenvalue weighted by Gasteiger charge is -2.30. The lowest BCUT2D eigenvalue weighted by molar-refractivity contribution is -0.142. The summed E-state index contributed by atoms with van der Waals surface area (Å²) < 4.78 is 31.8. The number of sulfonamides is 1. The molecule has 1 aliphatic rings. The van der Waals surface area contributed by atoms with E-state index in [0.717, 1.165) is 19.3 Å². The summed E-state index contributed by atoms with van der Waals surface area (Å²) in [5, 5.41) is 0. The summed E-state index contributed by atoms with van der Waals surface area (Å²) in [6, 6.07) is 14.4. The predicted molar refractivity (Wildman–Crippen MR) is 108 cm³/mol. The minimum absolute atomic E-state index is 0.0481. The molecule has 0 bridgehead atoms. The smallest absolute Gasteiger partial charge is 0.339 e. The highest BCUT2D eigenvalue weighted by Gasteiger charge is 2.30. The number of rotatable bonds is 6. The number of amides is 1. The van der Waals surface area contributed by atoms with E-state index in [2.05, 4.69) is 4.72 Å². The van der Waals surface area contributed by atoms with Crippen molar-refractivity contribution in [2.24, 2.45) is 0 Å². The number of carbonyl (C=O) groups excluding carboxylic acids is 2. The van der Waals surface area contributed by atoms with Gasteiger partial charge in [-0.05, 0) is 44.5 Å². The molecule has 1 amide bonds. The molecule has 1 heterocycles. The van der Waals surface area contributed by atoms with Crippen molar-refractivity contribution in [2.45, 2.75) is 30.3 Å². The second kappa shape index (κ2) is 9.19. The first-order valence-electron chi connectivity index (χ1n) is 9.51. The second-order valence-corrected chi connectivity index (χ2v) is 8.70. The first-order valence-corrected chi connectivity index (χ1v) is 11.0. The number of likely N-dealkylation sites (tertiary alicyclic amines) is 1. The van der Waals surface area contributed by atoms with E-state index in [1.165, 1.54) is 31.3 Å². The molecule has 0 aliphatic carbocycles. The lowest BCUT2D eigenvalue weighted by Crippen LogP contribution is -2.40. The van der Waals surface area contributed by atoms with Crippen LogP contribution in [0.3, 0.4) is 0 Å². The minimum Gasteiger partial charge on any atom is -0.444 e. The van der Waals surface area contributed by atoms with E-state index in [9.17, 15) is 18.0 Å². The van der Waals surface area contributed by atoms with Gasteiger partial charge >= 0.3 is 5.97 Å². The topological polar surface area (TPSA) is 92.8 Å². The quantitative estimate of drug-likeness (QED) is 0.731. The van der Waals surface area contributed by atoms with Crippen LogP contribution >= 0.6 is 0 Å².